The molecule has 0 bridgehead atoms. The van der Waals surface area contributed by atoms with Gasteiger partial charge in [0.1, 0.15) is 11.6 Å². The standard InChI is InChI=1S/C21H17F3N4O3/c22-14-2-5-16(6-3-14)31-20-8-1-13(10-25-20)11-26-21(30)27-12-19(29)28-15-4-7-17(23)18(24)9-15/h1-10H,11-12H2,(H,28,29)(H2,26,27,30). The molecule has 3 amide bonds. The fraction of sp³-hybridized carbons (Fsp3) is 0.0952. The number of pyridine rings is 1. The van der Waals surface area contributed by atoms with Gasteiger partial charge in [-0.25, -0.2) is 22.9 Å². The number of nitrogens with zero attached hydrogens (tertiary/aromatic N) is 1. The topological polar surface area (TPSA) is 92.4 Å². The van der Waals surface area contributed by atoms with Gasteiger partial charge in [-0.15, -0.1) is 0 Å². The van der Waals surface area contributed by atoms with Crippen molar-refractivity contribution in [2.75, 3.05) is 11.9 Å². The number of hydrogen-bond acceptors (Lipinski definition) is 4. The van der Waals surface area contributed by atoms with Crippen LogP contribution in [-0.4, -0.2) is 23.5 Å². The van der Waals surface area contributed by atoms with Gasteiger partial charge in [0.15, 0.2) is 11.6 Å². The number of anilines is 1. The van der Waals surface area contributed by atoms with Gasteiger partial charge in [-0.1, -0.05) is 6.07 Å². The van der Waals surface area contributed by atoms with E-state index in [-0.39, 0.29) is 24.6 Å². The van der Waals surface area contributed by atoms with Gasteiger partial charge >= 0.3 is 6.03 Å². The minimum Gasteiger partial charge on any atom is -0.439 e. The number of carbonyl (C=O) groups excluding carboxylic acids is 2. The van der Waals surface area contributed by atoms with Crippen molar-refractivity contribution in [3.8, 4) is 11.6 Å². The summed E-state index contributed by atoms with van der Waals surface area (Å²) in [5.74, 6) is -2.37. The van der Waals surface area contributed by atoms with Crippen molar-refractivity contribution < 1.29 is 27.5 Å². The van der Waals surface area contributed by atoms with Crippen molar-refractivity contribution in [1.82, 2.24) is 15.6 Å². The van der Waals surface area contributed by atoms with E-state index < -0.39 is 23.6 Å². The molecule has 3 aromatic rings. The first kappa shape index (κ1) is 21.6. The minimum absolute atomic E-state index is 0.0696. The third-order valence-corrected chi connectivity index (χ3v) is 3.90. The Hall–Kier alpha value is -4.08. The predicted molar refractivity (Wildman–Crippen MR) is 106 cm³/mol. The van der Waals surface area contributed by atoms with Crippen LogP contribution in [-0.2, 0) is 11.3 Å². The van der Waals surface area contributed by atoms with Crippen LogP contribution < -0.4 is 20.7 Å². The molecule has 3 N–H and O–H groups in total. The van der Waals surface area contributed by atoms with E-state index in [1.165, 1.54) is 36.5 Å². The maximum Gasteiger partial charge on any atom is 0.315 e. The zero-order valence-electron chi connectivity index (χ0n) is 16.0. The first-order valence-electron chi connectivity index (χ1n) is 9.04. The van der Waals surface area contributed by atoms with Crippen LogP contribution in [0.25, 0.3) is 0 Å². The predicted octanol–water partition coefficient (Wildman–Crippen LogP) is 3.73. The molecule has 0 saturated heterocycles. The van der Waals surface area contributed by atoms with Crippen molar-refractivity contribution >= 4 is 17.6 Å². The fourth-order valence-corrected chi connectivity index (χ4v) is 2.38. The SMILES string of the molecule is O=C(CNC(=O)NCc1ccc(Oc2ccc(F)cc2)nc1)Nc1ccc(F)c(F)c1. The van der Waals surface area contributed by atoms with Crippen molar-refractivity contribution in [3.05, 3.63) is 83.8 Å². The maximum absolute atomic E-state index is 13.1. The second-order valence-electron chi connectivity index (χ2n) is 6.27. The minimum atomic E-state index is -1.09. The van der Waals surface area contributed by atoms with Gasteiger partial charge in [0.05, 0.1) is 6.54 Å². The summed E-state index contributed by atoms with van der Waals surface area (Å²) in [4.78, 5) is 27.7. The lowest BCUT2D eigenvalue weighted by Gasteiger charge is -2.09. The Morgan fingerprint density at radius 2 is 1.68 bits per heavy atom. The number of hydrogen-bond donors (Lipinski definition) is 3. The van der Waals surface area contributed by atoms with Crippen molar-refractivity contribution in [2.24, 2.45) is 0 Å². The van der Waals surface area contributed by atoms with Gasteiger partial charge in [-0.2, -0.15) is 0 Å². The number of halogens is 3. The average molecular weight is 430 g/mol. The summed E-state index contributed by atoms with van der Waals surface area (Å²) in [6.45, 7) is -0.228. The normalized spacial score (nSPS) is 10.3. The van der Waals surface area contributed by atoms with Crippen LogP contribution in [0.4, 0.5) is 23.7 Å². The molecule has 0 aliphatic heterocycles. The van der Waals surface area contributed by atoms with E-state index in [4.69, 9.17) is 4.74 Å². The monoisotopic (exact) mass is 430 g/mol. The second-order valence-corrected chi connectivity index (χ2v) is 6.27. The molecule has 0 spiro atoms. The summed E-state index contributed by atoms with van der Waals surface area (Å²) in [6, 6.07) is 11.1. The van der Waals surface area contributed by atoms with Crippen molar-refractivity contribution in [1.29, 1.82) is 0 Å². The Kier molecular flexibility index (Phi) is 7.05. The molecular formula is C21H17F3N4O3. The molecule has 0 fully saturated rings. The number of amides is 3. The largest absolute Gasteiger partial charge is 0.439 e. The lowest BCUT2D eigenvalue weighted by atomic mass is 10.3. The average Bonchev–Trinajstić information content (AvgIpc) is 2.76. The van der Waals surface area contributed by atoms with Gasteiger partial charge in [-0.3, -0.25) is 4.79 Å². The van der Waals surface area contributed by atoms with E-state index in [1.807, 2.05) is 0 Å². The molecule has 160 valence electrons. The number of urea groups is 1. The van der Waals surface area contributed by atoms with Gasteiger partial charge < -0.3 is 20.7 Å². The van der Waals surface area contributed by atoms with E-state index in [0.717, 1.165) is 12.1 Å². The molecule has 0 saturated carbocycles. The van der Waals surface area contributed by atoms with Gasteiger partial charge in [0.2, 0.25) is 11.8 Å². The summed E-state index contributed by atoms with van der Waals surface area (Å²) < 4.78 is 44.4. The molecule has 7 nitrogen and oxygen atoms in total. The molecule has 0 aliphatic rings. The van der Waals surface area contributed by atoms with E-state index in [0.29, 0.717) is 17.2 Å². The molecule has 0 unspecified atom stereocenters. The smallest absolute Gasteiger partial charge is 0.315 e. The van der Waals surface area contributed by atoms with Crippen LogP contribution in [0.5, 0.6) is 11.6 Å². The van der Waals surface area contributed by atoms with Gasteiger partial charge in [0.25, 0.3) is 0 Å². The van der Waals surface area contributed by atoms with E-state index in [9.17, 15) is 22.8 Å². The molecule has 0 aliphatic carbocycles. The number of ether oxygens (including phenoxy) is 1. The zero-order valence-corrected chi connectivity index (χ0v) is 16.0. The Morgan fingerprint density at radius 3 is 2.35 bits per heavy atom. The highest BCUT2D eigenvalue weighted by Gasteiger charge is 2.08. The first-order valence-corrected chi connectivity index (χ1v) is 9.04. The molecule has 1 aromatic heterocycles. The summed E-state index contributed by atoms with van der Waals surface area (Å²) >= 11 is 0. The number of aromatic nitrogens is 1. The summed E-state index contributed by atoms with van der Waals surface area (Å²) in [5.41, 5.74) is 0.743. The number of nitrogens with one attached hydrogen (secondary N) is 3. The Balaban J connectivity index is 1.40. The highest BCUT2D eigenvalue weighted by molar-refractivity contribution is 5.94. The molecule has 10 heteroatoms. The summed E-state index contributed by atoms with van der Waals surface area (Å²) in [5, 5.41) is 7.23. The number of rotatable bonds is 7. The quantitative estimate of drug-likeness (QED) is 0.533. The van der Waals surface area contributed by atoms with Crippen LogP contribution >= 0.6 is 0 Å². The van der Waals surface area contributed by atoms with Crippen molar-refractivity contribution in [3.63, 3.8) is 0 Å². The third-order valence-electron chi connectivity index (χ3n) is 3.90. The van der Waals surface area contributed by atoms with E-state index in [1.54, 1.807) is 12.1 Å². The fourth-order valence-electron chi connectivity index (χ4n) is 2.38. The maximum atomic E-state index is 13.1. The molecule has 1 heterocycles. The second kappa shape index (κ2) is 10.1. The third kappa shape index (κ3) is 6.74. The Bertz CT molecular complexity index is 1060. The molecule has 31 heavy (non-hydrogen) atoms. The Morgan fingerprint density at radius 1 is 0.903 bits per heavy atom. The van der Waals surface area contributed by atoms with Crippen LogP contribution in [0.2, 0.25) is 0 Å². The molecule has 2 aromatic carbocycles. The number of carbonyl (C=O) groups is 2. The molecule has 0 atom stereocenters. The number of benzene rings is 2. The van der Waals surface area contributed by atoms with Crippen LogP contribution in [0.1, 0.15) is 5.56 Å². The first-order chi connectivity index (χ1) is 14.9. The van der Waals surface area contributed by atoms with E-state index >= 15 is 0 Å². The highest BCUT2D eigenvalue weighted by atomic mass is 19.2. The van der Waals surface area contributed by atoms with E-state index in [2.05, 4.69) is 20.9 Å². The lowest BCUT2D eigenvalue weighted by molar-refractivity contribution is -0.115. The summed E-state index contributed by atoms with van der Waals surface area (Å²) in [7, 11) is 0. The highest BCUT2D eigenvalue weighted by Crippen LogP contribution is 2.19. The molecular weight excluding hydrogens is 413 g/mol. The van der Waals surface area contributed by atoms with Gasteiger partial charge in [0, 0.05) is 30.6 Å². The van der Waals surface area contributed by atoms with Crippen molar-refractivity contribution in [2.45, 2.75) is 6.54 Å². The lowest BCUT2D eigenvalue weighted by Crippen LogP contribution is -2.39. The van der Waals surface area contributed by atoms with Crippen LogP contribution in [0, 0.1) is 17.5 Å². The molecule has 0 radical (unpaired) electrons. The van der Waals surface area contributed by atoms with Crippen LogP contribution in [0.15, 0.2) is 60.8 Å². The Labute approximate surface area is 175 Å². The van der Waals surface area contributed by atoms with Gasteiger partial charge in [-0.05, 0) is 42.0 Å². The molecule has 3 rings (SSSR count). The van der Waals surface area contributed by atoms with Crippen LogP contribution in [0.3, 0.4) is 0 Å². The zero-order chi connectivity index (χ0) is 22.2. The summed E-state index contributed by atoms with van der Waals surface area (Å²) in [6.07, 6.45) is 1.49.